The number of hydrogen-bond donors (Lipinski definition) is 1. The Morgan fingerprint density at radius 1 is 0.968 bits per heavy atom. The summed E-state index contributed by atoms with van der Waals surface area (Å²) in [6, 6.07) is 7.95. The van der Waals surface area contributed by atoms with Crippen molar-refractivity contribution in [3.05, 3.63) is 60.4 Å². The van der Waals surface area contributed by atoms with E-state index in [4.69, 9.17) is 31.4 Å². The van der Waals surface area contributed by atoms with Crippen molar-refractivity contribution in [3.8, 4) is 11.3 Å². The fourth-order valence-electron chi connectivity index (χ4n) is 3.48. The summed E-state index contributed by atoms with van der Waals surface area (Å²) < 4.78 is 16.1. The topological polar surface area (TPSA) is 42.7 Å². The van der Waals surface area contributed by atoms with Crippen molar-refractivity contribution in [2.75, 3.05) is 5.32 Å². The second-order valence-electron chi connectivity index (χ2n) is 7.33. The molecule has 2 aromatic heterocycles. The van der Waals surface area contributed by atoms with Crippen LogP contribution in [0, 0.1) is 12.7 Å². The molecule has 2 aromatic carbocycles. The molecule has 0 unspecified atom stereocenters. The number of benzene rings is 2. The molecule has 0 aliphatic carbocycles. The van der Waals surface area contributed by atoms with Crippen LogP contribution >= 0.6 is 0 Å². The van der Waals surface area contributed by atoms with E-state index in [0.717, 1.165) is 27.9 Å². The number of nitrogens with zero attached hydrogens (tertiary/aromatic N) is 3. The number of rotatable bonds is 4. The Labute approximate surface area is 185 Å². The number of imidazole rings is 1. The van der Waals surface area contributed by atoms with Gasteiger partial charge in [0, 0.05) is 29.9 Å². The summed E-state index contributed by atoms with van der Waals surface area (Å²) in [6.07, 6.45) is 3.58. The van der Waals surface area contributed by atoms with E-state index in [9.17, 15) is 4.39 Å². The molecule has 0 aliphatic rings. The van der Waals surface area contributed by atoms with Crippen LogP contribution in [0.5, 0.6) is 0 Å². The van der Waals surface area contributed by atoms with Gasteiger partial charge in [0.1, 0.15) is 48.8 Å². The normalized spacial score (nSPS) is 11.1. The molecule has 1 N–H and O–H groups in total. The Balaban J connectivity index is 1.71. The van der Waals surface area contributed by atoms with Crippen molar-refractivity contribution in [2.45, 2.75) is 6.92 Å². The predicted molar refractivity (Wildman–Crippen MR) is 129 cm³/mol. The number of halogens is 1. The standard InChI is InChI=1S/C22H15B4FN4/c1-10(17-18(23)20(25)22(27)21(26)19(17)24)30-16-7-14-6-12(4-5-13(14)8-29-16)15-9-28-11(2)31(15)3/h4-9H,1H2,2-3H3,(H,29,30). The highest BCUT2D eigenvalue weighted by Crippen LogP contribution is 2.26. The van der Waals surface area contributed by atoms with Gasteiger partial charge < -0.3 is 9.88 Å². The molecule has 2 heterocycles. The molecule has 4 nitrogen and oxygen atoms in total. The van der Waals surface area contributed by atoms with E-state index >= 15 is 0 Å². The van der Waals surface area contributed by atoms with E-state index in [0.29, 0.717) is 11.5 Å². The second-order valence-corrected chi connectivity index (χ2v) is 7.33. The zero-order valence-corrected chi connectivity index (χ0v) is 17.2. The summed E-state index contributed by atoms with van der Waals surface area (Å²) in [5, 5.41) is 4.99. The lowest BCUT2D eigenvalue weighted by molar-refractivity contribution is 0.645. The van der Waals surface area contributed by atoms with Crippen molar-refractivity contribution < 1.29 is 4.39 Å². The van der Waals surface area contributed by atoms with E-state index < -0.39 is 5.82 Å². The molecule has 0 spiro atoms. The number of anilines is 1. The van der Waals surface area contributed by atoms with Crippen molar-refractivity contribution in [2.24, 2.45) is 7.05 Å². The van der Waals surface area contributed by atoms with Gasteiger partial charge in [-0.3, -0.25) is 0 Å². The molecule has 142 valence electrons. The Bertz CT molecular complexity index is 1330. The van der Waals surface area contributed by atoms with E-state index in [-0.39, 0.29) is 27.4 Å². The largest absolute Gasteiger partial charge is 0.340 e. The number of pyridine rings is 1. The second kappa shape index (κ2) is 7.80. The van der Waals surface area contributed by atoms with Crippen LogP contribution in [0.4, 0.5) is 10.2 Å². The Morgan fingerprint density at radius 3 is 2.26 bits per heavy atom. The lowest BCUT2D eigenvalue weighted by Crippen LogP contribution is -2.47. The molecule has 9 heteroatoms. The minimum absolute atomic E-state index is 0.0312. The molecule has 31 heavy (non-hydrogen) atoms. The number of nitrogens with one attached hydrogen (secondary N) is 1. The summed E-state index contributed by atoms with van der Waals surface area (Å²) in [4.78, 5) is 8.77. The highest BCUT2D eigenvalue weighted by molar-refractivity contribution is 6.58. The van der Waals surface area contributed by atoms with Crippen molar-refractivity contribution in [1.29, 1.82) is 0 Å². The van der Waals surface area contributed by atoms with Crippen LogP contribution in [-0.4, -0.2) is 45.9 Å². The maximum absolute atomic E-state index is 14.0. The van der Waals surface area contributed by atoms with Gasteiger partial charge in [0.25, 0.3) is 0 Å². The van der Waals surface area contributed by atoms with Gasteiger partial charge in [-0.1, -0.05) is 40.6 Å². The Morgan fingerprint density at radius 2 is 1.65 bits per heavy atom. The SMILES string of the molecule is [B]c1c([B])c(C(=C)Nc2cc3cc(-c4cnc(C)n4C)ccc3cn2)c([B])c([B])c1F. The fraction of sp³-hybridized carbons (Fsp3) is 0.0909. The lowest BCUT2D eigenvalue weighted by Gasteiger charge is -2.21. The molecular weight excluding hydrogens is 383 g/mol. The van der Waals surface area contributed by atoms with Crippen molar-refractivity contribution in [3.63, 3.8) is 0 Å². The Kier molecular flexibility index (Phi) is 5.29. The van der Waals surface area contributed by atoms with Gasteiger partial charge in [0.2, 0.25) is 0 Å². The van der Waals surface area contributed by atoms with E-state index in [1.54, 1.807) is 6.20 Å². The first-order valence-corrected chi connectivity index (χ1v) is 9.45. The van der Waals surface area contributed by atoms with Crippen LogP contribution in [0.25, 0.3) is 27.7 Å². The van der Waals surface area contributed by atoms with Crippen LogP contribution in [0.3, 0.4) is 0 Å². The van der Waals surface area contributed by atoms with Crippen LogP contribution in [-0.2, 0) is 7.05 Å². The van der Waals surface area contributed by atoms with Gasteiger partial charge in [-0.15, -0.1) is 0 Å². The number of aromatic nitrogens is 3. The fourth-order valence-corrected chi connectivity index (χ4v) is 3.48. The molecule has 4 aromatic rings. The Hall–Kier alpha value is -3.21. The van der Waals surface area contributed by atoms with Gasteiger partial charge in [-0.2, -0.15) is 0 Å². The van der Waals surface area contributed by atoms with Crippen LogP contribution < -0.4 is 27.2 Å². The highest BCUT2D eigenvalue weighted by atomic mass is 19.1. The van der Waals surface area contributed by atoms with Gasteiger partial charge in [-0.05, 0) is 30.0 Å². The smallest absolute Gasteiger partial charge is 0.130 e. The minimum atomic E-state index is -0.840. The summed E-state index contributed by atoms with van der Waals surface area (Å²) in [5.74, 6) is 0.598. The molecule has 0 fully saturated rings. The average Bonchev–Trinajstić information content (AvgIpc) is 3.09. The third-order valence-electron chi connectivity index (χ3n) is 5.41. The molecule has 0 atom stereocenters. The maximum Gasteiger partial charge on any atom is 0.130 e. The molecule has 0 saturated heterocycles. The first-order valence-electron chi connectivity index (χ1n) is 9.45. The van der Waals surface area contributed by atoms with E-state index in [1.165, 1.54) is 0 Å². The summed E-state index contributed by atoms with van der Waals surface area (Å²) in [7, 11) is 25.3. The highest BCUT2D eigenvalue weighted by Gasteiger charge is 2.15. The molecule has 0 saturated carbocycles. The third kappa shape index (κ3) is 3.58. The van der Waals surface area contributed by atoms with Crippen LogP contribution in [0.15, 0.2) is 43.2 Å². The van der Waals surface area contributed by atoms with E-state index in [2.05, 4.69) is 27.9 Å². The molecule has 0 amide bonds. The number of hydrogen-bond acceptors (Lipinski definition) is 3. The molecule has 4 rings (SSSR count). The lowest BCUT2D eigenvalue weighted by atomic mass is 9.66. The predicted octanol–water partition coefficient (Wildman–Crippen LogP) is 0.341. The van der Waals surface area contributed by atoms with Gasteiger partial charge in [0.05, 0.1) is 11.9 Å². The summed E-state index contributed by atoms with van der Waals surface area (Å²) in [6.45, 7) is 5.91. The minimum Gasteiger partial charge on any atom is -0.340 e. The average molecular weight is 398 g/mol. The molecule has 8 radical (unpaired) electrons. The van der Waals surface area contributed by atoms with Gasteiger partial charge >= 0.3 is 0 Å². The number of aryl methyl sites for hydroxylation is 1. The third-order valence-corrected chi connectivity index (χ3v) is 5.41. The molecule has 0 bridgehead atoms. The van der Waals surface area contributed by atoms with Gasteiger partial charge in [-0.25, -0.2) is 14.4 Å². The van der Waals surface area contributed by atoms with Crippen molar-refractivity contribution >= 4 is 75.5 Å². The molecule has 0 aliphatic heterocycles. The van der Waals surface area contributed by atoms with Crippen molar-refractivity contribution in [1.82, 2.24) is 14.5 Å². The van der Waals surface area contributed by atoms with Crippen LogP contribution in [0.1, 0.15) is 11.4 Å². The quantitative estimate of drug-likeness (QED) is 0.505. The van der Waals surface area contributed by atoms with Gasteiger partial charge in [0.15, 0.2) is 0 Å². The monoisotopic (exact) mass is 398 g/mol. The first kappa shape index (κ1) is 21.0. The molecular formula is C22H15B4FN4. The zero-order chi connectivity index (χ0) is 22.4. The zero-order valence-electron chi connectivity index (χ0n) is 17.2. The first-order chi connectivity index (χ1) is 14.7. The number of fused-ring (bicyclic) bond motifs is 1. The van der Waals surface area contributed by atoms with Crippen LogP contribution in [0.2, 0.25) is 0 Å². The maximum atomic E-state index is 14.0. The van der Waals surface area contributed by atoms with E-state index in [1.807, 2.05) is 42.9 Å². The summed E-state index contributed by atoms with van der Waals surface area (Å²) >= 11 is 0. The summed E-state index contributed by atoms with van der Waals surface area (Å²) in [5.41, 5.74) is 1.98.